The van der Waals surface area contributed by atoms with Crippen LogP contribution in [0.3, 0.4) is 0 Å². The van der Waals surface area contributed by atoms with Crippen molar-refractivity contribution in [2.45, 2.75) is 25.4 Å². The van der Waals surface area contributed by atoms with Crippen molar-refractivity contribution in [1.82, 2.24) is 5.32 Å². The molecule has 0 aliphatic heterocycles. The predicted molar refractivity (Wildman–Crippen MR) is 63.2 cm³/mol. The van der Waals surface area contributed by atoms with Gasteiger partial charge in [-0.1, -0.05) is 37.3 Å². The van der Waals surface area contributed by atoms with Crippen LogP contribution in [0.15, 0.2) is 30.3 Å². The molecular weight excluding hydrogens is 220 g/mol. The van der Waals surface area contributed by atoms with Gasteiger partial charge < -0.3 is 16.2 Å². The first-order valence-electron chi connectivity index (χ1n) is 5.40. The quantitative estimate of drug-likeness (QED) is 0.700. The van der Waals surface area contributed by atoms with Crippen molar-refractivity contribution in [3.8, 4) is 0 Å². The molecule has 0 aliphatic carbocycles. The summed E-state index contributed by atoms with van der Waals surface area (Å²) in [5.41, 5.74) is 6.39. The Labute approximate surface area is 99.6 Å². The van der Waals surface area contributed by atoms with Gasteiger partial charge in [0, 0.05) is 0 Å². The zero-order chi connectivity index (χ0) is 12.8. The first-order chi connectivity index (χ1) is 8.06. The molecule has 17 heavy (non-hydrogen) atoms. The third-order valence-electron chi connectivity index (χ3n) is 2.46. The fourth-order valence-corrected chi connectivity index (χ4v) is 1.41. The maximum absolute atomic E-state index is 11.7. The average molecular weight is 236 g/mol. The van der Waals surface area contributed by atoms with Crippen LogP contribution in [0.25, 0.3) is 0 Å². The standard InChI is InChI=1S/C12H16N2O3/c1-2-9(12(16)17)14-11(15)10(13)8-6-4-3-5-7-8/h3-7,9-10H,2,13H2,1H3,(H,14,15)(H,16,17)/t9-,10?/m0/s1. The molecule has 0 heterocycles. The van der Waals surface area contributed by atoms with E-state index in [1.54, 1.807) is 31.2 Å². The van der Waals surface area contributed by atoms with Crippen LogP contribution in [-0.2, 0) is 9.59 Å². The van der Waals surface area contributed by atoms with Gasteiger partial charge in [-0.25, -0.2) is 4.79 Å². The van der Waals surface area contributed by atoms with Crippen molar-refractivity contribution < 1.29 is 14.7 Å². The molecule has 0 spiro atoms. The van der Waals surface area contributed by atoms with Gasteiger partial charge in [0.1, 0.15) is 12.1 Å². The molecule has 2 atom stereocenters. The fraction of sp³-hybridized carbons (Fsp3) is 0.333. The predicted octanol–water partition coefficient (Wildman–Crippen LogP) is 0.666. The van der Waals surface area contributed by atoms with Gasteiger partial charge >= 0.3 is 5.97 Å². The second-order valence-corrected chi connectivity index (χ2v) is 3.70. The van der Waals surface area contributed by atoms with Crippen molar-refractivity contribution in [1.29, 1.82) is 0 Å². The van der Waals surface area contributed by atoms with Crippen molar-refractivity contribution >= 4 is 11.9 Å². The van der Waals surface area contributed by atoms with E-state index in [1.807, 2.05) is 6.07 Å². The molecule has 92 valence electrons. The molecule has 1 rings (SSSR count). The van der Waals surface area contributed by atoms with Crippen LogP contribution < -0.4 is 11.1 Å². The largest absolute Gasteiger partial charge is 0.480 e. The second kappa shape index (κ2) is 6.00. The van der Waals surface area contributed by atoms with Gasteiger partial charge in [-0.05, 0) is 12.0 Å². The minimum Gasteiger partial charge on any atom is -0.480 e. The van der Waals surface area contributed by atoms with Crippen LogP contribution in [0.2, 0.25) is 0 Å². The zero-order valence-corrected chi connectivity index (χ0v) is 9.59. The number of carboxylic acids is 1. The number of nitrogens with one attached hydrogen (secondary N) is 1. The number of carbonyl (C=O) groups excluding carboxylic acids is 1. The Bertz CT molecular complexity index is 392. The molecule has 1 unspecified atom stereocenters. The third-order valence-corrected chi connectivity index (χ3v) is 2.46. The highest BCUT2D eigenvalue weighted by atomic mass is 16.4. The highest BCUT2D eigenvalue weighted by Gasteiger charge is 2.22. The lowest BCUT2D eigenvalue weighted by Gasteiger charge is -2.16. The lowest BCUT2D eigenvalue weighted by atomic mass is 10.1. The number of hydrogen-bond acceptors (Lipinski definition) is 3. The zero-order valence-electron chi connectivity index (χ0n) is 9.59. The summed E-state index contributed by atoms with van der Waals surface area (Å²) < 4.78 is 0. The minimum absolute atomic E-state index is 0.322. The molecule has 1 aromatic carbocycles. The summed E-state index contributed by atoms with van der Waals surface area (Å²) in [7, 11) is 0. The van der Waals surface area contributed by atoms with E-state index >= 15 is 0 Å². The van der Waals surface area contributed by atoms with Crippen LogP contribution in [-0.4, -0.2) is 23.0 Å². The first kappa shape index (κ1) is 13.2. The molecule has 0 aromatic heterocycles. The number of carbonyl (C=O) groups is 2. The molecule has 0 bridgehead atoms. The molecule has 0 radical (unpaired) electrons. The van der Waals surface area contributed by atoms with Crippen LogP contribution in [0, 0.1) is 0 Å². The number of rotatable bonds is 5. The topological polar surface area (TPSA) is 92.4 Å². The summed E-state index contributed by atoms with van der Waals surface area (Å²) in [6.45, 7) is 1.69. The number of nitrogens with two attached hydrogens (primary N) is 1. The summed E-state index contributed by atoms with van der Waals surface area (Å²) in [6, 6.07) is 7.09. The van der Waals surface area contributed by atoms with Gasteiger partial charge in [-0.3, -0.25) is 4.79 Å². The molecule has 1 amide bonds. The summed E-state index contributed by atoms with van der Waals surface area (Å²) in [5.74, 6) is -1.54. The Balaban J connectivity index is 2.68. The van der Waals surface area contributed by atoms with Gasteiger partial charge in [-0.2, -0.15) is 0 Å². The summed E-state index contributed by atoms with van der Waals surface area (Å²) in [5, 5.41) is 11.2. The number of hydrogen-bond donors (Lipinski definition) is 3. The first-order valence-corrected chi connectivity index (χ1v) is 5.40. The number of benzene rings is 1. The maximum Gasteiger partial charge on any atom is 0.326 e. The molecule has 5 nitrogen and oxygen atoms in total. The Kier molecular flexibility index (Phi) is 4.66. The molecular formula is C12H16N2O3. The van der Waals surface area contributed by atoms with Crippen molar-refractivity contribution in [3.63, 3.8) is 0 Å². The number of amides is 1. The Morgan fingerprint density at radius 3 is 2.41 bits per heavy atom. The van der Waals surface area contributed by atoms with E-state index in [-0.39, 0.29) is 0 Å². The van der Waals surface area contributed by atoms with Crippen molar-refractivity contribution in [2.75, 3.05) is 0 Å². The Morgan fingerprint density at radius 2 is 1.94 bits per heavy atom. The normalized spacial score (nSPS) is 13.8. The van der Waals surface area contributed by atoms with Gasteiger partial charge in [0.15, 0.2) is 0 Å². The Hall–Kier alpha value is -1.88. The fourth-order valence-electron chi connectivity index (χ4n) is 1.41. The van der Waals surface area contributed by atoms with Gasteiger partial charge in [0.05, 0.1) is 0 Å². The van der Waals surface area contributed by atoms with Crippen molar-refractivity contribution in [3.05, 3.63) is 35.9 Å². The second-order valence-electron chi connectivity index (χ2n) is 3.70. The smallest absolute Gasteiger partial charge is 0.326 e. The van der Waals surface area contributed by atoms with E-state index in [2.05, 4.69) is 5.32 Å². The molecule has 0 saturated heterocycles. The molecule has 0 aliphatic rings. The third kappa shape index (κ3) is 3.57. The van der Waals surface area contributed by atoms with Crippen LogP contribution >= 0.6 is 0 Å². The van der Waals surface area contributed by atoms with Gasteiger partial charge in [-0.15, -0.1) is 0 Å². The lowest BCUT2D eigenvalue weighted by molar-refractivity contribution is -0.142. The number of carboxylic acid groups (broad SMARTS) is 1. The summed E-state index contributed by atoms with van der Waals surface area (Å²) >= 11 is 0. The monoisotopic (exact) mass is 236 g/mol. The maximum atomic E-state index is 11.7. The molecule has 0 fully saturated rings. The number of aliphatic carboxylic acids is 1. The summed E-state index contributed by atoms with van der Waals surface area (Å²) in [4.78, 5) is 22.5. The summed E-state index contributed by atoms with van der Waals surface area (Å²) in [6.07, 6.45) is 0.322. The van der Waals surface area contributed by atoms with E-state index in [9.17, 15) is 9.59 Å². The SMILES string of the molecule is CC[C@H](NC(=O)C(N)c1ccccc1)C(=O)O. The highest BCUT2D eigenvalue weighted by Crippen LogP contribution is 2.09. The highest BCUT2D eigenvalue weighted by molar-refractivity contribution is 5.87. The minimum atomic E-state index is -1.05. The lowest BCUT2D eigenvalue weighted by Crippen LogP contribution is -2.44. The molecule has 1 aromatic rings. The Morgan fingerprint density at radius 1 is 1.35 bits per heavy atom. The van der Waals surface area contributed by atoms with E-state index < -0.39 is 24.0 Å². The molecule has 5 heteroatoms. The van der Waals surface area contributed by atoms with Crippen LogP contribution in [0.4, 0.5) is 0 Å². The van der Waals surface area contributed by atoms with Gasteiger partial charge in [0.2, 0.25) is 5.91 Å². The average Bonchev–Trinajstić information content (AvgIpc) is 2.35. The van der Waals surface area contributed by atoms with Gasteiger partial charge in [0.25, 0.3) is 0 Å². The van der Waals surface area contributed by atoms with E-state index in [0.717, 1.165) is 0 Å². The van der Waals surface area contributed by atoms with Crippen LogP contribution in [0.1, 0.15) is 24.9 Å². The molecule has 4 N–H and O–H groups in total. The van der Waals surface area contributed by atoms with Crippen LogP contribution in [0.5, 0.6) is 0 Å². The van der Waals surface area contributed by atoms with Crippen molar-refractivity contribution in [2.24, 2.45) is 5.73 Å². The van der Waals surface area contributed by atoms with E-state index in [4.69, 9.17) is 10.8 Å². The van der Waals surface area contributed by atoms with E-state index in [1.165, 1.54) is 0 Å². The van der Waals surface area contributed by atoms with E-state index in [0.29, 0.717) is 12.0 Å². The molecule has 0 saturated carbocycles.